The smallest absolute Gasteiger partial charge is 0.0594 e. The lowest BCUT2D eigenvalue weighted by molar-refractivity contribution is 0.0272. The van der Waals surface area contributed by atoms with Crippen molar-refractivity contribution in [2.75, 3.05) is 13.2 Å². The van der Waals surface area contributed by atoms with Gasteiger partial charge in [0.25, 0.3) is 0 Å². The monoisotopic (exact) mass is 267 g/mol. The van der Waals surface area contributed by atoms with E-state index in [4.69, 9.17) is 4.74 Å². The molecule has 2 fully saturated rings. The summed E-state index contributed by atoms with van der Waals surface area (Å²) in [7, 11) is 0. The molecule has 19 heavy (non-hydrogen) atoms. The molecule has 0 aromatic rings. The van der Waals surface area contributed by atoms with Crippen molar-refractivity contribution in [3.8, 4) is 0 Å². The van der Waals surface area contributed by atoms with Gasteiger partial charge in [-0.25, -0.2) is 0 Å². The molecule has 0 heterocycles. The number of ether oxygens (including phenoxy) is 1. The van der Waals surface area contributed by atoms with Crippen LogP contribution in [0.5, 0.6) is 0 Å². The molecular formula is C17H33NO. The van der Waals surface area contributed by atoms with Gasteiger partial charge in [-0.3, -0.25) is 0 Å². The predicted octanol–water partition coefficient (Wildman–Crippen LogP) is 4.14. The summed E-state index contributed by atoms with van der Waals surface area (Å²) in [6.07, 6.45) is 11.3. The molecule has 1 N–H and O–H groups in total. The molecule has 0 saturated heterocycles. The summed E-state index contributed by atoms with van der Waals surface area (Å²) in [6, 6.07) is 0.703. The van der Waals surface area contributed by atoms with Gasteiger partial charge in [0, 0.05) is 12.6 Å². The first-order chi connectivity index (χ1) is 9.05. The third kappa shape index (κ3) is 5.43. The lowest BCUT2D eigenvalue weighted by atomic mass is 9.70. The standard InChI is InChI=1S/C17H33NO/c1-14-11-15(13-17(2,3)12-14)18-9-10-19-16-7-5-4-6-8-16/h14-16,18H,4-13H2,1-3H3. The molecule has 2 aliphatic rings. The Morgan fingerprint density at radius 2 is 1.84 bits per heavy atom. The Balaban J connectivity index is 1.59. The molecule has 0 radical (unpaired) electrons. The normalized spacial score (nSPS) is 32.4. The first-order valence-corrected chi connectivity index (χ1v) is 8.40. The van der Waals surface area contributed by atoms with Crippen LogP contribution in [0.1, 0.15) is 72.1 Å². The van der Waals surface area contributed by atoms with Crippen LogP contribution in [0.15, 0.2) is 0 Å². The molecule has 2 saturated carbocycles. The van der Waals surface area contributed by atoms with Gasteiger partial charge in [-0.15, -0.1) is 0 Å². The first-order valence-electron chi connectivity index (χ1n) is 8.40. The number of nitrogens with one attached hydrogen (secondary N) is 1. The maximum absolute atomic E-state index is 5.99. The van der Waals surface area contributed by atoms with Crippen LogP contribution >= 0.6 is 0 Å². The largest absolute Gasteiger partial charge is 0.377 e. The van der Waals surface area contributed by atoms with Gasteiger partial charge < -0.3 is 10.1 Å². The Labute approximate surface area is 119 Å². The molecule has 0 bridgehead atoms. The summed E-state index contributed by atoms with van der Waals surface area (Å²) in [5.74, 6) is 0.862. The summed E-state index contributed by atoms with van der Waals surface area (Å²) in [4.78, 5) is 0. The minimum atomic E-state index is 0.513. The van der Waals surface area contributed by atoms with Crippen molar-refractivity contribution >= 4 is 0 Å². The van der Waals surface area contributed by atoms with Gasteiger partial charge in [0.15, 0.2) is 0 Å². The fourth-order valence-corrected chi connectivity index (χ4v) is 4.22. The van der Waals surface area contributed by atoms with Crippen molar-refractivity contribution in [1.29, 1.82) is 0 Å². The van der Waals surface area contributed by atoms with Gasteiger partial charge in [0.2, 0.25) is 0 Å². The SMILES string of the molecule is CC1CC(NCCOC2CCCCC2)CC(C)(C)C1. The van der Waals surface area contributed by atoms with Crippen molar-refractivity contribution in [2.24, 2.45) is 11.3 Å². The number of rotatable bonds is 5. The Bertz CT molecular complexity index is 258. The van der Waals surface area contributed by atoms with Gasteiger partial charge in [-0.1, -0.05) is 40.0 Å². The van der Waals surface area contributed by atoms with Crippen LogP contribution in [0, 0.1) is 11.3 Å². The molecule has 0 spiro atoms. The van der Waals surface area contributed by atoms with Crippen LogP contribution in [-0.4, -0.2) is 25.3 Å². The molecule has 112 valence electrons. The second kappa shape index (κ2) is 7.08. The van der Waals surface area contributed by atoms with Crippen molar-refractivity contribution in [3.63, 3.8) is 0 Å². The van der Waals surface area contributed by atoms with Crippen molar-refractivity contribution < 1.29 is 4.74 Å². The highest BCUT2D eigenvalue weighted by atomic mass is 16.5. The van der Waals surface area contributed by atoms with Crippen LogP contribution < -0.4 is 5.32 Å². The summed E-state index contributed by atoms with van der Waals surface area (Å²) in [5, 5.41) is 3.72. The van der Waals surface area contributed by atoms with Gasteiger partial charge in [-0.05, 0) is 43.4 Å². The third-order valence-corrected chi connectivity index (χ3v) is 4.83. The predicted molar refractivity (Wildman–Crippen MR) is 81.4 cm³/mol. The van der Waals surface area contributed by atoms with Gasteiger partial charge in [0.05, 0.1) is 12.7 Å². The highest BCUT2D eigenvalue weighted by Gasteiger charge is 2.31. The molecule has 0 amide bonds. The molecule has 2 atom stereocenters. The molecule has 0 aromatic heterocycles. The van der Waals surface area contributed by atoms with Crippen LogP contribution in [0.2, 0.25) is 0 Å². The Morgan fingerprint density at radius 3 is 2.53 bits per heavy atom. The molecule has 2 unspecified atom stereocenters. The first kappa shape index (κ1) is 15.3. The molecule has 2 aliphatic carbocycles. The van der Waals surface area contributed by atoms with Crippen LogP contribution in [-0.2, 0) is 4.74 Å². The molecule has 0 aliphatic heterocycles. The Hall–Kier alpha value is -0.0800. The summed E-state index contributed by atoms with van der Waals surface area (Å²) < 4.78 is 5.99. The van der Waals surface area contributed by atoms with E-state index in [1.165, 1.54) is 51.4 Å². The van der Waals surface area contributed by atoms with Crippen LogP contribution in [0.3, 0.4) is 0 Å². The van der Waals surface area contributed by atoms with Crippen LogP contribution in [0.4, 0.5) is 0 Å². The highest BCUT2D eigenvalue weighted by Crippen LogP contribution is 2.38. The van der Waals surface area contributed by atoms with Gasteiger partial charge in [-0.2, -0.15) is 0 Å². The zero-order valence-corrected chi connectivity index (χ0v) is 13.2. The lowest BCUT2D eigenvalue weighted by Crippen LogP contribution is -2.41. The number of hydrogen-bond donors (Lipinski definition) is 1. The van der Waals surface area contributed by atoms with E-state index in [2.05, 4.69) is 26.1 Å². The Kier molecular flexibility index (Phi) is 5.70. The topological polar surface area (TPSA) is 21.3 Å². The van der Waals surface area contributed by atoms with Gasteiger partial charge >= 0.3 is 0 Å². The van der Waals surface area contributed by atoms with Crippen LogP contribution in [0.25, 0.3) is 0 Å². The van der Waals surface area contributed by atoms with E-state index in [0.717, 1.165) is 19.1 Å². The van der Waals surface area contributed by atoms with E-state index >= 15 is 0 Å². The number of hydrogen-bond acceptors (Lipinski definition) is 2. The van der Waals surface area contributed by atoms with E-state index < -0.39 is 0 Å². The minimum Gasteiger partial charge on any atom is -0.377 e. The maximum Gasteiger partial charge on any atom is 0.0594 e. The molecule has 2 heteroatoms. The fourth-order valence-electron chi connectivity index (χ4n) is 4.22. The average Bonchev–Trinajstić information content (AvgIpc) is 2.33. The summed E-state index contributed by atoms with van der Waals surface area (Å²) in [6.45, 7) is 9.15. The molecule has 2 rings (SSSR count). The fraction of sp³-hybridized carbons (Fsp3) is 1.00. The van der Waals surface area contributed by atoms with E-state index in [1.54, 1.807) is 0 Å². The highest BCUT2D eigenvalue weighted by molar-refractivity contribution is 4.86. The lowest BCUT2D eigenvalue weighted by Gasteiger charge is -2.39. The summed E-state index contributed by atoms with van der Waals surface area (Å²) in [5.41, 5.74) is 0.513. The van der Waals surface area contributed by atoms with Crippen molar-refractivity contribution in [2.45, 2.75) is 84.3 Å². The maximum atomic E-state index is 5.99. The van der Waals surface area contributed by atoms with E-state index in [9.17, 15) is 0 Å². The van der Waals surface area contributed by atoms with Crippen molar-refractivity contribution in [3.05, 3.63) is 0 Å². The molecule has 0 aromatic carbocycles. The quantitative estimate of drug-likeness (QED) is 0.756. The third-order valence-electron chi connectivity index (χ3n) is 4.83. The average molecular weight is 267 g/mol. The molecule has 2 nitrogen and oxygen atoms in total. The van der Waals surface area contributed by atoms with Crippen molar-refractivity contribution in [1.82, 2.24) is 5.32 Å². The van der Waals surface area contributed by atoms with E-state index in [-0.39, 0.29) is 0 Å². The zero-order chi connectivity index (χ0) is 13.7. The zero-order valence-electron chi connectivity index (χ0n) is 13.2. The summed E-state index contributed by atoms with van der Waals surface area (Å²) >= 11 is 0. The van der Waals surface area contributed by atoms with E-state index in [0.29, 0.717) is 17.6 Å². The minimum absolute atomic E-state index is 0.513. The second-order valence-electron chi connectivity index (χ2n) is 7.70. The Morgan fingerprint density at radius 1 is 1.11 bits per heavy atom. The second-order valence-corrected chi connectivity index (χ2v) is 7.70. The van der Waals surface area contributed by atoms with E-state index in [1.807, 2.05) is 0 Å². The molecular weight excluding hydrogens is 234 g/mol. The van der Waals surface area contributed by atoms with Gasteiger partial charge in [0.1, 0.15) is 0 Å².